The molecule has 0 aliphatic rings. The zero-order valence-electron chi connectivity index (χ0n) is 14.7. The third-order valence-corrected chi connectivity index (χ3v) is 4.90. The van der Waals surface area contributed by atoms with Crippen molar-refractivity contribution in [2.24, 2.45) is 0 Å². The fourth-order valence-corrected chi connectivity index (χ4v) is 3.57. The van der Waals surface area contributed by atoms with Crippen LogP contribution in [0.4, 0.5) is 20.9 Å². The third-order valence-electron chi connectivity index (χ3n) is 4.14. The molecule has 0 bridgehead atoms. The highest BCUT2D eigenvalue weighted by atomic mass is 32.1. The lowest BCUT2D eigenvalue weighted by Gasteiger charge is -2.12. The predicted octanol–water partition coefficient (Wildman–Crippen LogP) is 4.71. The van der Waals surface area contributed by atoms with Gasteiger partial charge in [-0.1, -0.05) is 0 Å². The van der Waals surface area contributed by atoms with E-state index in [0.717, 1.165) is 33.6 Å². The summed E-state index contributed by atoms with van der Waals surface area (Å²) in [6.45, 7) is 1.91. The Morgan fingerprint density at radius 1 is 1.08 bits per heavy atom. The van der Waals surface area contributed by atoms with Crippen LogP contribution in [-0.2, 0) is 0 Å². The van der Waals surface area contributed by atoms with E-state index < -0.39 is 0 Å². The minimum Gasteiger partial charge on any atom is -0.378 e. The van der Waals surface area contributed by atoms with Crippen molar-refractivity contribution in [2.45, 2.75) is 6.92 Å². The minimum absolute atomic E-state index is 0.300. The maximum atomic E-state index is 13.6. The number of pyridine rings is 1. The number of imidazole rings is 1. The highest BCUT2D eigenvalue weighted by molar-refractivity contribution is 7.14. The minimum atomic E-state index is -0.300. The maximum Gasteiger partial charge on any atom is 0.187 e. The van der Waals surface area contributed by atoms with Gasteiger partial charge in [0.05, 0.1) is 11.4 Å². The van der Waals surface area contributed by atoms with Gasteiger partial charge in [-0.3, -0.25) is 4.40 Å². The molecule has 0 unspecified atom stereocenters. The molecule has 5 nitrogen and oxygen atoms in total. The largest absolute Gasteiger partial charge is 0.378 e. The number of rotatable bonds is 4. The normalized spacial score (nSPS) is 11.1. The number of hydrogen-bond donors (Lipinski definition) is 1. The fourth-order valence-electron chi connectivity index (χ4n) is 2.85. The van der Waals surface area contributed by atoms with Crippen molar-refractivity contribution in [3.8, 4) is 11.4 Å². The molecular formula is C19H18FN5S. The number of hydrogen-bond acceptors (Lipinski definition) is 5. The first kappa shape index (κ1) is 16.5. The average molecular weight is 367 g/mol. The second-order valence-corrected chi connectivity index (χ2v) is 7.08. The molecule has 0 saturated carbocycles. The lowest BCUT2D eigenvalue weighted by atomic mass is 10.2. The quantitative estimate of drug-likeness (QED) is 0.567. The highest BCUT2D eigenvalue weighted by Gasteiger charge is 2.15. The van der Waals surface area contributed by atoms with Gasteiger partial charge < -0.3 is 10.2 Å². The molecule has 0 spiro atoms. The summed E-state index contributed by atoms with van der Waals surface area (Å²) in [6, 6.07) is 11.2. The Kier molecular flexibility index (Phi) is 4.08. The van der Waals surface area contributed by atoms with Gasteiger partial charge in [-0.25, -0.2) is 14.4 Å². The third kappa shape index (κ3) is 3.01. The molecule has 0 amide bonds. The Morgan fingerprint density at radius 2 is 1.85 bits per heavy atom. The number of halogens is 1. The molecule has 0 aliphatic heterocycles. The van der Waals surface area contributed by atoms with E-state index in [1.165, 1.54) is 23.6 Å². The summed E-state index contributed by atoms with van der Waals surface area (Å²) < 4.78 is 15.4. The number of thiazole rings is 1. The van der Waals surface area contributed by atoms with Crippen LogP contribution in [0.5, 0.6) is 0 Å². The van der Waals surface area contributed by atoms with E-state index in [0.29, 0.717) is 5.65 Å². The van der Waals surface area contributed by atoms with Gasteiger partial charge in [0, 0.05) is 37.0 Å². The molecule has 1 aromatic carbocycles. The van der Waals surface area contributed by atoms with E-state index in [1.54, 1.807) is 10.5 Å². The lowest BCUT2D eigenvalue weighted by molar-refractivity contribution is 0.619. The van der Waals surface area contributed by atoms with Crippen molar-refractivity contribution in [3.05, 3.63) is 59.5 Å². The first-order chi connectivity index (χ1) is 12.5. The van der Waals surface area contributed by atoms with Crippen LogP contribution in [0.1, 0.15) is 5.69 Å². The first-order valence-electron chi connectivity index (χ1n) is 8.16. The molecular weight excluding hydrogens is 349 g/mol. The van der Waals surface area contributed by atoms with Crippen molar-refractivity contribution >= 4 is 33.5 Å². The Balaban J connectivity index is 1.64. The SMILES string of the molecule is Cc1nc2ccc(F)cn2c1-c1csc(Nc2ccc(N(C)C)cc2)n1. The number of nitrogens with zero attached hydrogens (tertiary/aromatic N) is 4. The maximum absolute atomic E-state index is 13.6. The number of benzene rings is 1. The van der Waals surface area contributed by atoms with Gasteiger partial charge in [-0.2, -0.15) is 0 Å². The summed E-state index contributed by atoms with van der Waals surface area (Å²) in [5.74, 6) is -0.300. The van der Waals surface area contributed by atoms with Gasteiger partial charge in [0.25, 0.3) is 0 Å². The molecule has 0 atom stereocenters. The van der Waals surface area contributed by atoms with Crippen molar-refractivity contribution < 1.29 is 4.39 Å². The van der Waals surface area contributed by atoms with Crippen LogP contribution in [0.15, 0.2) is 48.0 Å². The highest BCUT2D eigenvalue weighted by Crippen LogP contribution is 2.30. The molecule has 132 valence electrons. The van der Waals surface area contributed by atoms with E-state index in [-0.39, 0.29) is 5.82 Å². The van der Waals surface area contributed by atoms with Gasteiger partial charge in [0.2, 0.25) is 0 Å². The summed E-state index contributed by atoms with van der Waals surface area (Å²) in [6.07, 6.45) is 1.44. The Hall–Kier alpha value is -2.93. The molecule has 3 aromatic heterocycles. The number of aromatic nitrogens is 3. The summed E-state index contributed by atoms with van der Waals surface area (Å²) in [5, 5.41) is 6.05. The summed E-state index contributed by atoms with van der Waals surface area (Å²) >= 11 is 1.51. The van der Waals surface area contributed by atoms with Crippen LogP contribution < -0.4 is 10.2 Å². The van der Waals surface area contributed by atoms with Gasteiger partial charge >= 0.3 is 0 Å². The van der Waals surface area contributed by atoms with Crippen molar-refractivity contribution in [3.63, 3.8) is 0 Å². The number of nitrogens with one attached hydrogen (secondary N) is 1. The lowest BCUT2D eigenvalue weighted by Crippen LogP contribution is -2.08. The molecule has 0 radical (unpaired) electrons. The molecule has 0 fully saturated rings. The van der Waals surface area contributed by atoms with Crippen LogP contribution in [0.25, 0.3) is 17.0 Å². The smallest absolute Gasteiger partial charge is 0.187 e. The van der Waals surface area contributed by atoms with Crippen LogP contribution >= 0.6 is 11.3 Å². The van der Waals surface area contributed by atoms with Crippen LogP contribution in [0.3, 0.4) is 0 Å². The summed E-state index contributed by atoms with van der Waals surface area (Å²) in [4.78, 5) is 11.2. The molecule has 3 heterocycles. The molecule has 4 rings (SSSR count). The van der Waals surface area contributed by atoms with Gasteiger partial charge in [0.15, 0.2) is 5.13 Å². The molecule has 4 aromatic rings. The average Bonchev–Trinajstić information content (AvgIpc) is 3.18. The van der Waals surface area contributed by atoms with Gasteiger partial charge in [-0.15, -0.1) is 11.3 Å². The second-order valence-electron chi connectivity index (χ2n) is 6.23. The Morgan fingerprint density at radius 3 is 2.58 bits per heavy atom. The second kappa shape index (κ2) is 6.42. The summed E-state index contributed by atoms with van der Waals surface area (Å²) in [5.41, 5.74) is 5.23. The molecule has 26 heavy (non-hydrogen) atoms. The van der Waals surface area contributed by atoms with E-state index >= 15 is 0 Å². The molecule has 7 heteroatoms. The fraction of sp³-hybridized carbons (Fsp3) is 0.158. The van der Waals surface area contributed by atoms with Gasteiger partial charge in [-0.05, 0) is 43.3 Å². The Labute approximate surface area is 154 Å². The van der Waals surface area contributed by atoms with Crippen LogP contribution in [-0.4, -0.2) is 28.5 Å². The predicted molar refractivity (Wildman–Crippen MR) is 105 cm³/mol. The first-order valence-corrected chi connectivity index (χ1v) is 9.04. The topological polar surface area (TPSA) is 45.5 Å². The zero-order valence-corrected chi connectivity index (χ0v) is 15.5. The Bertz CT molecular complexity index is 1070. The van der Waals surface area contributed by atoms with Crippen molar-refractivity contribution in [2.75, 3.05) is 24.3 Å². The number of anilines is 3. The number of fused-ring (bicyclic) bond motifs is 1. The molecule has 0 aliphatic carbocycles. The van der Waals surface area contributed by atoms with Crippen molar-refractivity contribution in [1.29, 1.82) is 0 Å². The van der Waals surface area contributed by atoms with Gasteiger partial charge in [0.1, 0.15) is 17.2 Å². The van der Waals surface area contributed by atoms with E-state index in [1.807, 2.05) is 50.7 Å². The number of aryl methyl sites for hydroxylation is 1. The molecule has 1 N–H and O–H groups in total. The standard InChI is InChI=1S/C19H18FN5S/c1-12-18(25-10-13(20)4-9-17(25)21-12)16-11-26-19(23-16)22-14-5-7-15(8-6-14)24(2)3/h4-11H,1-3H3,(H,22,23). The van der Waals surface area contributed by atoms with E-state index in [9.17, 15) is 4.39 Å². The van der Waals surface area contributed by atoms with Crippen LogP contribution in [0, 0.1) is 12.7 Å². The van der Waals surface area contributed by atoms with E-state index in [2.05, 4.69) is 20.2 Å². The monoisotopic (exact) mass is 367 g/mol. The summed E-state index contributed by atoms with van der Waals surface area (Å²) in [7, 11) is 4.02. The van der Waals surface area contributed by atoms with Crippen LogP contribution in [0.2, 0.25) is 0 Å². The molecule has 0 saturated heterocycles. The zero-order chi connectivity index (χ0) is 18.3. The van der Waals surface area contributed by atoms with Crippen molar-refractivity contribution in [1.82, 2.24) is 14.4 Å². The van der Waals surface area contributed by atoms with E-state index in [4.69, 9.17) is 0 Å².